The fourth-order valence-corrected chi connectivity index (χ4v) is 2.84. The molecule has 1 aromatic rings. The number of hydrogen-bond acceptors (Lipinski definition) is 4. The zero-order valence-electron chi connectivity index (χ0n) is 9.95. The summed E-state index contributed by atoms with van der Waals surface area (Å²) >= 11 is 0. The molecular weight excluding hydrogens is 216 g/mol. The first-order valence-electron chi connectivity index (χ1n) is 6.35. The number of carbonyl (C=O) groups excluding carboxylic acids is 1. The van der Waals surface area contributed by atoms with Crippen LogP contribution >= 0.6 is 0 Å². The predicted octanol–water partition coefficient (Wildman–Crippen LogP) is 0.930. The summed E-state index contributed by atoms with van der Waals surface area (Å²) in [6, 6.07) is 1.80. The zero-order chi connectivity index (χ0) is 11.7. The highest BCUT2D eigenvalue weighted by molar-refractivity contribution is 5.98. The van der Waals surface area contributed by atoms with Gasteiger partial charge in [-0.2, -0.15) is 0 Å². The number of nitrogens with zero attached hydrogens (tertiary/aromatic N) is 1. The number of Topliss-reactive ketones (excluding diaryl/α,β-unsaturated/α-hetero) is 1. The number of rotatable bonds is 2. The van der Waals surface area contributed by atoms with E-state index in [1.807, 2.05) is 0 Å². The molecule has 0 aromatic carbocycles. The molecule has 3 rings (SSSR count). The van der Waals surface area contributed by atoms with Crippen LogP contribution in [0.4, 0.5) is 0 Å². The molecule has 0 amide bonds. The summed E-state index contributed by atoms with van der Waals surface area (Å²) in [5.41, 5.74) is 0.807. The van der Waals surface area contributed by atoms with E-state index in [0.29, 0.717) is 12.3 Å². The molecular formula is C13H18N2O2. The van der Waals surface area contributed by atoms with Crippen molar-refractivity contribution in [3.8, 4) is 0 Å². The lowest BCUT2D eigenvalue weighted by molar-refractivity contribution is 0.0920. The van der Waals surface area contributed by atoms with E-state index in [0.717, 1.165) is 50.5 Å². The summed E-state index contributed by atoms with van der Waals surface area (Å²) in [5, 5.41) is 3.35. The molecule has 4 nitrogen and oxygen atoms in total. The maximum absolute atomic E-state index is 11.9. The van der Waals surface area contributed by atoms with Crippen molar-refractivity contribution in [2.75, 3.05) is 32.7 Å². The standard InChI is InChI=1S/C13H18N2O2/c16-12-7-10(8-13-11(12)1-6-17-13)9-15-4-2-14-3-5-15/h1,6,10,14H,2-5,7-9H2/t10-/m0/s1. The molecule has 92 valence electrons. The quantitative estimate of drug-likeness (QED) is 0.827. The molecule has 0 saturated carbocycles. The van der Waals surface area contributed by atoms with Crippen LogP contribution in [0.5, 0.6) is 0 Å². The second kappa shape index (κ2) is 4.63. The van der Waals surface area contributed by atoms with Gasteiger partial charge in [-0.25, -0.2) is 0 Å². The number of ketones is 1. The second-order valence-corrected chi connectivity index (χ2v) is 5.01. The highest BCUT2D eigenvalue weighted by atomic mass is 16.3. The second-order valence-electron chi connectivity index (χ2n) is 5.01. The molecule has 17 heavy (non-hydrogen) atoms. The lowest BCUT2D eigenvalue weighted by atomic mass is 9.87. The van der Waals surface area contributed by atoms with Gasteiger partial charge in [-0.3, -0.25) is 4.79 Å². The molecule has 0 radical (unpaired) electrons. The molecule has 2 aliphatic rings. The Kier molecular flexibility index (Phi) is 2.99. The Balaban J connectivity index is 1.64. The number of hydrogen-bond donors (Lipinski definition) is 1. The third kappa shape index (κ3) is 2.28. The van der Waals surface area contributed by atoms with Crippen molar-refractivity contribution >= 4 is 5.78 Å². The van der Waals surface area contributed by atoms with Gasteiger partial charge in [0.25, 0.3) is 0 Å². The highest BCUT2D eigenvalue weighted by Gasteiger charge is 2.28. The summed E-state index contributed by atoms with van der Waals surface area (Å²) in [4.78, 5) is 14.4. The van der Waals surface area contributed by atoms with Gasteiger partial charge in [0.2, 0.25) is 0 Å². The molecule has 4 heteroatoms. The lowest BCUT2D eigenvalue weighted by Gasteiger charge is -2.31. The van der Waals surface area contributed by atoms with Crippen molar-refractivity contribution in [1.82, 2.24) is 10.2 Å². The maximum atomic E-state index is 11.9. The zero-order valence-corrected chi connectivity index (χ0v) is 9.95. The van der Waals surface area contributed by atoms with E-state index >= 15 is 0 Å². The minimum absolute atomic E-state index is 0.250. The van der Waals surface area contributed by atoms with E-state index < -0.39 is 0 Å². The molecule has 1 aliphatic heterocycles. The monoisotopic (exact) mass is 234 g/mol. The number of fused-ring (bicyclic) bond motifs is 1. The smallest absolute Gasteiger partial charge is 0.166 e. The third-order valence-corrected chi connectivity index (χ3v) is 3.72. The number of piperazine rings is 1. The van der Waals surface area contributed by atoms with Crippen LogP contribution in [0.2, 0.25) is 0 Å². The molecule has 1 saturated heterocycles. The maximum Gasteiger partial charge on any atom is 0.166 e. The molecule has 0 unspecified atom stereocenters. The van der Waals surface area contributed by atoms with Crippen LogP contribution in [-0.2, 0) is 6.42 Å². The molecule has 0 bridgehead atoms. The Labute approximate surface area is 101 Å². The highest BCUT2D eigenvalue weighted by Crippen LogP contribution is 2.26. The summed E-state index contributed by atoms with van der Waals surface area (Å²) in [5.74, 6) is 1.57. The van der Waals surface area contributed by atoms with Crippen LogP contribution in [0.3, 0.4) is 0 Å². The number of carbonyl (C=O) groups is 1. The van der Waals surface area contributed by atoms with E-state index in [1.165, 1.54) is 0 Å². The first kappa shape index (κ1) is 11.0. The van der Waals surface area contributed by atoms with Gasteiger partial charge in [0, 0.05) is 45.6 Å². The lowest BCUT2D eigenvalue weighted by Crippen LogP contribution is -2.46. The number of furan rings is 1. The largest absolute Gasteiger partial charge is 0.469 e. The van der Waals surface area contributed by atoms with Crippen molar-refractivity contribution in [1.29, 1.82) is 0 Å². The van der Waals surface area contributed by atoms with E-state index in [-0.39, 0.29) is 5.78 Å². The van der Waals surface area contributed by atoms with Gasteiger partial charge in [0.05, 0.1) is 11.8 Å². The average molecular weight is 234 g/mol. The molecule has 2 heterocycles. The van der Waals surface area contributed by atoms with E-state index in [9.17, 15) is 4.79 Å². The van der Waals surface area contributed by atoms with Crippen LogP contribution in [0, 0.1) is 5.92 Å². The predicted molar refractivity (Wildman–Crippen MR) is 64.2 cm³/mol. The Morgan fingerprint density at radius 2 is 2.18 bits per heavy atom. The summed E-state index contributed by atoms with van der Waals surface area (Å²) in [6.45, 7) is 5.33. The fourth-order valence-electron chi connectivity index (χ4n) is 2.84. The SMILES string of the molecule is O=C1C[C@H](CN2CCNCC2)Cc2occc21. The molecule has 1 atom stereocenters. The first-order chi connectivity index (χ1) is 8.33. The molecule has 1 fully saturated rings. The summed E-state index contributed by atoms with van der Waals surface area (Å²) < 4.78 is 5.39. The van der Waals surface area contributed by atoms with Gasteiger partial charge in [-0.15, -0.1) is 0 Å². The van der Waals surface area contributed by atoms with Crippen LogP contribution in [0.1, 0.15) is 22.5 Å². The fraction of sp³-hybridized carbons (Fsp3) is 0.615. The topological polar surface area (TPSA) is 45.5 Å². The Hall–Kier alpha value is -1.13. The molecule has 0 spiro atoms. The van der Waals surface area contributed by atoms with Crippen LogP contribution in [-0.4, -0.2) is 43.4 Å². The van der Waals surface area contributed by atoms with Gasteiger partial charge >= 0.3 is 0 Å². The van der Waals surface area contributed by atoms with Gasteiger partial charge in [-0.05, 0) is 12.0 Å². The van der Waals surface area contributed by atoms with Crippen molar-refractivity contribution in [2.24, 2.45) is 5.92 Å². The molecule has 1 aromatic heterocycles. The third-order valence-electron chi connectivity index (χ3n) is 3.72. The van der Waals surface area contributed by atoms with Crippen molar-refractivity contribution < 1.29 is 9.21 Å². The Morgan fingerprint density at radius 1 is 1.35 bits per heavy atom. The number of nitrogens with one attached hydrogen (secondary N) is 1. The molecule has 1 aliphatic carbocycles. The van der Waals surface area contributed by atoms with Gasteiger partial charge in [0.15, 0.2) is 5.78 Å². The summed E-state index contributed by atoms with van der Waals surface area (Å²) in [6.07, 6.45) is 3.23. The van der Waals surface area contributed by atoms with E-state index in [1.54, 1.807) is 12.3 Å². The average Bonchev–Trinajstić information content (AvgIpc) is 2.79. The van der Waals surface area contributed by atoms with Gasteiger partial charge in [0.1, 0.15) is 5.76 Å². The Morgan fingerprint density at radius 3 is 3.00 bits per heavy atom. The minimum Gasteiger partial charge on any atom is -0.469 e. The molecule has 1 N–H and O–H groups in total. The Bertz CT molecular complexity index is 407. The summed E-state index contributed by atoms with van der Waals surface area (Å²) in [7, 11) is 0. The van der Waals surface area contributed by atoms with E-state index in [4.69, 9.17) is 4.42 Å². The van der Waals surface area contributed by atoms with Gasteiger partial charge < -0.3 is 14.6 Å². The van der Waals surface area contributed by atoms with Crippen molar-refractivity contribution in [3.05, 3.63) is 23.7 Å². The first-order valence-corrected chi connectivity index (χ1v) is 6.35. The van der Waals surface area contributed by atoms with Crippen LogP contribution in [0.25, 0.3) is 0 Å². The van der Waals surface area contributed by atoms with E-state index in [2.05, 4.69) is 10.2 Å². The normalized spacial score (nSPS) is 25.9. The minimum atomic E-state index is 0.250. The van der Waals surface area contributed by atoms with Crippen LogP contribution in [0.15, 0.2) is 16.7 Å². The van der Waals surface area contributed by atoms with Crippen LogP contribution < -0.4 is 5.32 Å². The van der Waals surface area contributed by atoms with Gasteiger partial charge in [-0.1, -0.05) is 0 Å². The van der Waals surface area contributed by atoms with Crippen molar-refractivity contribution in [3.63, 3.8) is 0 Å². The van der Waals surface area contributed by atoms with Crippen molar-refractivity contribution in [2.45, 2.75) is 12.8 Å².